The summed E-state index contributed by atoms with van der Waals surface area (Å²) in [5.74, 6) is -0.475. The maximum Gasteiger partial charge on any atom is 0.488 e. The van der Waals surface area contributed by atoms with Crippen LogP contribution in [0.2, 0.25) is 0 Å². The summed E-state index contributed by atoms with van der Waals surface area (Å²) in [5.41, 5.74) is 0.914. The molecule has 0 saturated heterocycles. The second-order valence-corrected chi connectivity index (χ2v) is 4.89. The first-order valence-electron chi connectivity index (χ1n) is 5.37. The Morgan fingerprint density at radius 1 is 1.29 bits per heavy atom. The second kappa shape index (κ2) is 4.90. The highest BCUT2D eigenvalue weighted by Crippen LogP contribution is 2.25. The molecule has 0 saturated carbocycles. The number of benzene rings is 1. The van der Waals surface area contributed by atoms with Crippen molar-refractivity contribution >= 4 is 18.6 Å². The Morgan fingerprint density at radius 3 is 2.29 bits per heavy atom. The fraction of sp³-hybridized carbons (Fsp3) is 0.417. The second-order valence-electron chi connectivity index (χ2n) is 4.89. The molecule has 0 spiro atoms. The Bertz CT molecular complexity index is 421. The summed E-state index contributed by atoms with van der Waals surface area (Å²) in [7, 11) is -0.301. The van der Waals surface area contributed by atoms with Gasteiger partial charge >= 0.3 is 13.1 Å². The monoisotopic (exact) mass is 236 g/mol. The van der Waals surface area contributed by atoms with Gasteiger partial charge in [0.1, 0.15) is 0 Å². The molecule has 5 heteroatoms. The molecule has 0 amide bonds. The third-order valence-electron chi connectivity index (χ3n) is 2.53. The van der Waals surface area contributed by atoms with E-state index in [0.717, 1.165) is 0 Å². The molecule has 1 rings (SSSR count). The van der Waals surface area contributed by atoms with Crippen molar-refractivity contribution in [3.63, 3.8) is 0 Å². The van der Waals surface area contributed by atoms with E-state index in [0.29, 0.717) is 16.6 Å². The lowest BCUT2D eigenvalue weighted by Crippen LogP contribution is -2.39. The largest absolute Gasteiger partial charge is 0.488 e. The zero-order valence-corrected chi connectivity index (χ0v) is 10.5. The zero-order valence-electron chi connectivity index (χ0n) is 10.5. The molecule has 0 bridgehead atoms. The van der Waals surface area contributed by atoms with E-state index in [1.807, 2.05) is 20.8 Å². The van der Waals surface area contributed by atoms with Crippen molar-refractivity contribution in [3.05, 3.63) is 29.3 Å². The summed E-state index contributed by atoms with van der Waals surface area (Å²) in [6, 6.07) is 4.83. The maximum atomic E-state index is 11.7. The van der Waals surface area contributed by atoms with Gasteiger partial charge in [0, 0.05) is 0 Å². The highest BCUT2D eigenvalue weighted by Gasteiger charge is 2.29. The summed E-state index contributed by atoms with van der Waals surface area (Å²) < 4.78 is 4.70. The molecule has 2 N–H and O–H groups in total. The van der Waals surface area contributed by atoms with E-state index in [-0.39, 0.29) is 5.41 Å². The van der Waals surface area contributed by atoms with Gasteiger partial charge in [0.25, 0.3) is 0 Å². The zero-order chi connectivity index (χ0) is 13.2. The lowest BCUT2D eigenvalue weighted by atomic mass is 9.68. The van der Waals surface area contributed by atoms with E-state index in [4.69, 9.17) is 4.74 Å². The fourth-order valence-electron chi connectivity index (χ4n) is 1.90. The fourth-order valence-corrected chi connectivity index (χ4v) is 1.90. The number of hydrogen-bond donors (Lipinski definition) is 2. The van der Waals surface area contributed by atoms with Crippen LogP contribution in [0.4, 0.5) is 0 Å². The van der Waals surface area contributed by atoms with Gasteiger partial charge in [0.15, 0.2) is 0 Å². The Morgan fingerprint density at radius 2 is 1.88 bits per heavy atom. The number of esters is 1. The maximum absolute atomic E-state index is 11.7. The third kappa shape index (κ3) is 2.87. The summed E-state index contributed by atoms with van der Waals surface area (Å²) in [5, 5.41) is 18.7. The number of ether oxygens (including phenoxy) is 1. The van der Waals surface area contributed by atoms with Crippen molar-refractivity contribution in [3.8, 4) is 0 Å². The first kappa shape index (κ1) is 13.7. The Balaban J connectivity index is 3.51. The normalized spacial score (nSPS) is 11.2. The molecule has 92 valence electrons. The number of rotatable bonds is 2. The quantitative estimate of drug-likeness (QED) is 0.578. The molecule has 0 aliphatic rings. The van der Waals surface area contributed by atoms with Crippen molar-refractivity contribution in [1.82, 2.24) is 0 Å². The average Bonchev–Trinajstić information content (AvgIpc) is 2.25. The highest BCUT2D eigenvalue weighted by atomic mass is 16.5. The van der Waals surface area contributed by atoms with Crippen LogP contribution in [0.3, 0.4) is 0 Å². The van der Waals surface area contributed by atoms with Gasteiger partial charge in [-0.05, 0) is 22.5 Å². The molecule has 1 aromatic carbocycles. The number of carbonyl (C=O) groups excluding carboxylic acids is 1. The van der Waals surface area contributed by atoms with Gasteiger partial charge in [-0.15, -0.1) is 0 Å². The standard InChI is InChI=1S/C12H17BO4/c1-12(2,3)10-8(11(14)17-4)6-5-7-9(10)13(15)16/h5-7,15-16H,1-4H3. The van der Waals surface area contributed by atoms with Crippen molar-refractivity contribution in [1.29, 1.82) is 0 Å². The minimum Gasteiger partial charge on any atom is -0.465 e. The Kier molecular flexibility index (Phi) is 3.96. The van der Waals surface area contributed by atoms with E-state index in [9.17, 15) is 14.8 Å². The highest BCUT2D eigenvalue weighted by molar-refractivity contribution is 6.59. The molecule has 0 heterocycles. The van der Waals surface area contributed by atoms with Crippen LogP contribution in [-0.2, 0) is 10.2 Å². The molecule has 17 heavy (non-hydrogen) atoms. The van der Waals surface area contributed by atoms with Crippen LogP contribution in [-0.4, -0.2) is 30.2 Å². The van der Waals surface area contributed by atoms with Crippen molar-refractivity contribution in [2.24, 2.45) is 0 Å². The van der Waals surface area contributed by atoms with Crippen LogP contribution in [0.25, 0.3) is 0 Å². The number of hydrogen-bond acceptors (Lipinski definition) is 4. The molecule has 0 atom stereocenters. The summed E-state index contributed by atoms with van der Waals surface area (Å²) >= 11 is 0. The van der Waals surface area contributed by atoms with Crippen LogP contribution in [0, 0.1) is 0 Å². The van der Waals surface area contributed by atoms with Gasteiger partial charge in [-0.25, -0.2) is 4.79 Å². The molecule has 0 aliphatic heterocycles. The molecule has 4 nitrogen and oxygen atoms in total. The minimum atomic E-state index is -1.60. The topological polar surface area (TPSA) is 66.8 Å². The molecular formula is C12H17BO4. The number of carbonyl (C=O) groups is 1. The average molecular weight is 236 g/mol. The third-order valence-corrected chi connectivity index (χ3v) is 2.53. The first-order valence-corrected chi connectivity index (χ1v) is 5.37. The van der Waals surface area contributed by atoms with Gasteiger partial charge in [0.2, 0.25) is 0 Å². The lowest BCUT2D eigenvalue weighted by Gasteiger charge is -2.25. The van der Waals surface area contributed by atoms with E-state index in [1.165, 1.54) is 7.11 Å². The SMILES string of the molecule is COC(=O)c1cccc(B(O)O)c1C(C)(C)C. The molecular weight excluding hydrogens is 219 g/mol. The smallest absolute Gasteiger partial charge is 0.465 e. The summed E-state index contributed by atoms with van der Waals surface area (Å²) in [6.07, 6.45) is 0. The molecule has 0 fully saturated rings. The van der Waals surface area contributed by atoms with Gasteiger partial charge < -0.3 is 14.8 Å². The van der Waals surface area contributed by atoms with Crippen LogP contribution < -0.4 is 5.46 Å². The lowest BCUT2D eigenvalue weighted by molar-refractivity contribution is 0.0598. The Hall–Kier alpha value is -1.33. The molecule has 0 radical (unpaired) electrons. The van der Waals surface area contributed by atoms with Crippen LogP contribution in [0.15, 0.2) is 18.2 Å². The van der Waals surface area contributed by atoms with Crippen molar-refractivity contribution in [2.75, 3.05) is 7.11 Å². The van der Waals surface area contributed by atoms with Crippen LogP contribution >= 0.6 is 0 Å². The first-order chi connectivity index (χ1) is 7.79. The number of methoxy groups -OCH3 is 1. The molecule has 1 aromatic rings. The van der Waals surface area contributed by atoms with Gasteiger partial charge in [-0.2, -0.15) is 0 Å². The van der Waals surface area contributed by atoms with E-state index in [2.05, 4.69) is 0 Å². The van der Waals surface area contributed by atoms with Crippen LogP contribution in [0.1, 0.15) is 36.7 Å². The van der Waals surface area contributed by atoms with E-state index >= 15 is 0 Å². The van der Waals surface area contributed by atoms with Crippen molar-refractivity contribution < 1.29 is 19.6 Å². The van der Waals surface area contributed by atoms with E-state index < -0.39 is 13.1 Å². The predicted molar refractivity (Wildman–Crippen MR) is 66.3 cm³/mol. The molecule has 0 aromatic heterocycles. The molecule has 0 unspecified atom stereocenters. The summed E-state index contributed by atoms with van der Waals surface area (Å²) in [4.78, 5) is 11.7. The predicted octanol–water partition coefficient (Wildman–Crippen LogP) is 0.450. The van der Waals surface area contributed by atoms with Crippen molar-refractivity contribution in [2.45, 2.75) is 26.2 Å². The van der Waals surface area contributed by atoms with Gasteiger partial charge in [0.05, 0.1) is 12.7 Å². The Labute approximate surface area is 101 Å². The van der Waals surface area contributed by atoms with Gasteiger partial charge in [-0.1, -0.05) is 32.9 Å². The minimum absolute atomic E-state index is 0.334. The molecule has 0 aliphatic carbocycles. The van der Waals surface area contributed by atoms with E-state index in [1.54, 1.807) is 18.2 Å². The van der Waals surface area contributed by atoms with Crippen LogP contribution in [0.5, 0.6) is 0 Å². The summed E-state index contributed by atoms with van der Waals surface area (Å²) in [6.45, 7) is 5.71. The van der Waals surface area contributed by atoms with Gasteiger partial charge in [-0.3, -0.25) is 0 Å².